The maximum atomic E-state index is 11.5. The van der Waals surface area contributed by atoms with Crippen LogP contribution in [0.25, 0.3) is 0 Å². The maximum absolute atomic E-state index is 11.5. The summed E-state index contributed by atoms with van der Waals surface area (Å²) < 4.78 is 0. The molecule has 0 saturated carbocycles. The zero-order valence-electron chi connectivity index (χ0n) is 12.2. The Morgan fingerprint density at radius 3 is 2.58 bits per heavy atom. The van der Waals surface area contributed by atoms with Gasteiger partial charge in [0.2, 0.25) is 5.91 Å². The van der Waals surface area contributed by atoms with Gasteiger partial charge in [0.1, 0.15) is 17.5 Å². The molecule has 1 heterocycles. The predicted molar refractivity (Wildman–Crippen MR) is 77.5 cm³/mol. The summed E-state index contributed by atoms with van der Waals surface area (Å²) >= 11 is 0. The highest BCUT2D eigenvalue weighted by Crippen LogP contribution is 2.16. The summed E-state index contributed by atoms with van der Waals surface area (Å²) in [7, 11) is 3.47. The number of carbonyl (C=O) groups excluding carboxylic acids is 1. The lowest BCUT2D eigenvalue weighted by molar-refractivity contribution is -0.119. The molecule has 0 spiro atoms. The lowest BCUT2D eigenvalue weighted by Crippen LogP contribution is -2.36. The monoisotopic (exact) mass is 265 g/mol. The number of aromatic nitrogens is 2. The maximum Gasteiger partial charge on any atom is 0.239 e. The standard InChI is InChI=1S/C13H23N5O/c1-5-7-10-16-11(14-3)8-12(17-10)18(6-2)9-13(19)15-4/h8H,5-7,9H2,1-4H3,(H,15,19)(H,14,16,17). The number of nitrogens with one attached hydrogen (secondary N) is 2. The Labute approximate surface area is 114 Å². The molecule has 1 aromatic heterocycles. The average molecular weight is 265 g/mol. The van der Waals surface area contributed by atoms with Crippen molar-refractivity contribution in [3.05, 3.63) is 11.9 Å². The quantitative estimate of drug-likeness (QED) is 0.771. The first-order valence-corrected chi connectivity index (χ1v) is 6.65. The SMILES string of the molecule is CCCc1nc(NC)cc(N(CC)CC(=O)NC)n1. The van der Waals surface area contributed by atoms with Gasteiger partial charge in [-0.1, -0.05) is 6.92 Å². The molecule has 1 rings (SSSR count). The minimum Gasteiger partial charge on any atom is -0.373 e. The molecular weight excluding hydrogens is 242 g/mol. The third kappa shape index (κ3) is 4.39. The number of hydrogen-bond acceptors (Lipinski definition) is 5. The van der Waals surface area contributed by atoms with Gasteiger partial charge in [-0.05, 0) is 13.3 Å². The molecule has 2 N–H and O–H groups in total. The molecule has 0 radical (unpaired) electrons. The lowest BCUT2D eigenvalue weighted by atomic mass is 10.3. The molecule has 0 unspecified atom stereocenters. The van der Waals surface area contributed by atoms with Crippen molar-refractivity contribution >= 4 is 17.5 Å². The molecule has 0 bridgehead atoms. The van der Waals surface area contributed by atoms with E-state index in [1.54, 1.807) is 7.05 Å². The molecular formula is C13H23N5O. The molecule has 0 aromatic carbocycles. The molecule has 6 heteroatoms. The van der Waals surface area contributed by atoms with E-state index in [9.17, 15) is 4.79 Å². The lowest BCUT2D eigenvalue weighted by Gasteiger charge is -2.22. The van der Waals surface area contributed by atoms with Crippen molar-refractivity contribution in [2.45, 2.75) is 26.7 Å². The van der Waals surface area contributed by atoms with E-state index in [-0.39, 0.29) is 5.91 Å². The fourth-order valence-electron chi connectivity index (χ4n) is 1.72. The Hall–Kier alpha value is -1.85. The molecule has 0 aliphatic heterocycles. The molecule has 19 heavy (non-hydrogen) atoms. The fraction of sp³-hybridized carbons (Fsp3) is 0.615. The van der Waals surface area contributed by atoms with E-state index in [1.165, 1.54) is 0 Å². The second-order valence-corrected chi connectivity index (χ2v) is 4.21. The van der Waals surface area contributed by atoms with Gasteiger partial charge < -0.3 is 15.5 Å². The molecule has 0 aliphatic carbocycles. The van der Waals surface area contributed by atoms with Crippen LogP contribution >= 0.6 is 0 Å². The van der Waals surface area contributed by atoms with Crippen LogP contribution in [-0.4, -0.2) is 43.1 Å². The summed E-state index contributed by atoms with van der Waals surface area (Å²) in [5, 5.41) is 5.66. The van der Waals surface area contributed by atoms with Crippen LogP contribution in [0.3, 0.4) is 0 Å². The molecule has 0 fully saturated rings. The average Bonchev–Trinajstić information content (AvgIpc) is 2.44. The van der Waals surface area contributed by atoms with Gasteiger partial charge in [-0.25, -0.2) is 9.97 Å². The smallest absolute Gasteiger partial charge is 0.239 e. The van der Waals surface area contributed by atoms with Crippen LogP contribution in [0.4, 0.5) is 11.6 Å². The zero-order valence-corrected chi connectivity index (χ0v) is 12.2. The Morgan fingerprint density at radius 1 is 1.32 bits per heavy atom. The zero-order chi connectivity index (χ0) is 14.3. The van der Waals surface area contributed by atoms with Crippen molar-refractivity contribution in [2.75, 3.05) is 37.4 Å². The van der Waals surface area contributed by atoms with Crippen molar-refractivity contribution in [3.63, 3.8) is 0 Å². The largest absolute Gasteiger partial charge is 0.373 e. The van der Waals surface area contributed by atoms with E-state index >= 15 is 0 Å². The summed E-state index contributed by atoms with van der Waals surface area (Å²) in [6.45, 7) is 5.12. The van der Waals surface area contributed by atoms with Crippen LogP contribution in [0.15, 0.2) is 6.07 Å². The van der Waals surface area contributed by atoms with Gasteiger partial charge in [0.15, 0.2) is 0 Å². The van der Waals surface area contributed by atoms with Crippen molar-refractivity contribution in [1.29, 1.82) is 0 Å². The topological polar surface area (TPSA) is 70.2 Å². The van der Waals surface area contributed by atoms with Crippen molar-refractivity contribution in [2.24, 2.45) is 0 Å². The van der Waals surface area contributed by atoms with Gasteiger partial charge in [0, 0.05) is 33.1 Å². The third-order valence-electron chi connectivity index (χ3n) is 2.81. The van der Waals surface area contributed by atoms with Gasteiger partial charge in [-0.2, -0.15) is 0 Å². The number of anilines is 2. The van der Waals surface area contributed by atoms with E-state index < -0.39 is 0 Å². The van der Waals surface area contributed by atoms with Crippen LogP contribution in [-0.2, 0) is 11.2 Å². The first-order chi connectivity index (χ1) is 9.14. The summed E-state index contributed by atoms with van der Waals surface area (Å²) in [6, 6.07) is 1.87. The van der Waals surface area contributed by atoms with Gasteiger partial charge in [-0.15, -0.1) is 0 Å². The minimum atomic E-state index is -0.0245. The predicted octanol–water partition coefficient (Wildman–Crippen LogP) is 1.04. The number of amides is 1. The van der Waals surface area contributed by atoms with Crippen molar-refractivity contribution in [3.8, 4) is 0 Å². The van der Waals surface area contributed by atoms with E-state index in [2.05, 4.69) is 27.5 Å². The van der Waals surface area contributed by atoms with Crippen LogP contribution in [0.1, 0.15) is 26.1 Å². The second kappa shape index (κ2) is 7.56. The molecule has 1 amide bonds. The Kier molecular flexibility index (Phi) is 6.05. The van der Waals surface area contributed by atoms with Gasteiger partial charge in [-0.3, -0.25) is 4.79 Å². The highest BCUT2D eigenvalue weighted by atomic mass is 16.1. The Morgan fingerprint density at radius 2 is 2.05 bits per heavy atom. The second-order valence-electron chi connectivity index (χ2n) is 4.21. The summed E-state index contributed by atoms with van der Waals surface area (Å²) in [6.07, 6.45) is 1.83. The highest BCUT2D eigenvalue weighted by molar-refractivity contribution is 5.80. The van der Waals surface area contributed by atoms with Crippen LogP contribution in [0, 0.1) is 0 Å². The molecule has 1 aromatic rings. The normalized spacial score (nSPS) is 10.1. The molecule has 106 valence electrons. The van der Waals surface area contributed by atoms with Crippen molar-refractivity contribution in [1.82, 2.24) is 15.3 Å². The number of carbonyl (C=O) groups is 1. The van der Waals surface area contributed by atoms with E-state index in [1.807, 2.05) is 24.9 Å². The van der Waals surface area contributed by atoms with Crippen molar-refractivity contribution < 1.29 is 4.79 Å². The van der Waals surface area contributed by atoms with E-state index in [0.717, 1.165) is 36.8 Å². The summed E-state index contributed by atoms with van der Waals surface area (Å²) in [5.74, 6) is 2.35. The van der Waals surface area contributed by atoms with Crippen LogP contribution in [0.2, 0.25) is 0 Å². The Bertz CT molecular complexity index is 421. The fourth-order valence-corrected chi connectivity index (χ4v) is 1.72. The van der Waals surface area contributed by atoms with Crippen LogP contribution < -0.4 is 15.5 Å². The number of rotatable bonds is 7. The first kappa shape index (κ1) is 15.2. The number of hydrogen-bond donors (Lipinski definition) is 2. The molecule has 0 aliphatic rings. The molecule has 0 atom stereocenters. The molecule has 6 nitrogen and oxygen atoms in total. The van der Waals surface area contributed by atoms with Gasteiger partial charge >= 0.3 is 0 Å². The van der Waals surface area contributed by atoms with E-state index in [4.69, 9.17) is 0 Å². The number of aryl methyl sites for hydroxylation is 1. The summed E-state index contributed by atoms with van der Waals surface area (Å²) in [5.41, 5.74) is 0. The third-order valence-corrected chi connectivity index (χ3v) is 2.81. The number of nitrogens with zero attached hydrogens (tertiary/aromatic N) is 3. The van der Waals surface area contributed by atoms with Gasteiger partial charge in [0.25, 0.3) is 0 Å². The number of likely N-dealkylation sites (N-methyl/N-ethyl adjacent to an activating group) is 2. The molecule has 0 saturated heterocycles. The minimum absolute atomic E-state index is 0.0245. The first-order valence-electron chi connectivity index (χ1n) is 6.65. The summed E-state index contributed by atoms with van der Waals surface area (Å²) in [4.78, 5) is 22.4. The highest BCUT2D eigenvalue weighted by Gasteiger charge is 2.12. The Balaban J connectivity index is 3.00. The van der Waals surface area contributed by atoms with Crippen LogP contribution in [0.5, 0.6) is 0 Å². The van der Waals surface area contributed by atoms with Gasteiger partial charge in [0.05, 0.1) is 6.54 Å². The van der Waals surface area contributed by atoms with E-state index in [0.29, 0.717) is 6.54 Å².